The maximum atomic E-state index is 5.02. The Hall–Kier alpha value is -2.45. The monoisotopic (exact) mass is 344 g/mol. The Balaban J connectivity index is 2.13. The van der Waals surface area contributed by atoms with E-state index in [1.807, 2.05) is 0 Å². The molecule has 0 aliphatic carbocycles. The average molecular weight is 345 g/mol. The number of nitrogens with zero attached hydrogens (tertiary/aromatic N) is 2. The molecule has 0 amide bonds. The quantitative estimate of drug-likeness (QED) is 0.577. The van der Waals surface area contributed by atoms with Crippen LogP contribution in [0.1, 0.15) is 41.4 Å². The normalized spacial score (nSPS) is 11.3. The molecule has 0 fully saturated rings. The van der Waals surface area contributed by atoms with Gasteiger partial charge in [-0.3, -0.25) is 4.98 Å². The second kappa shape index (κ2) is 7.84. The molecule has 1 heterocycles. The van der Waals surface area contributed by atoms with Crippen molar-refractivity contribution in [2.45, 2.75) is 33.2 Å². The molecule has 26 heavy (non-hydrogen) atoms. The summed E-state index contributed by atoms with van der Waals surface area (Å²) >= 11 is 0. The lowest BCUT2D eigenvalue weighted by Crippen LogP contribution is -2.13. The fourth-order valence-electron chi connectivity index (χ4n) is 3.44. The summed E-state index contributed by atoms with van der Waals surface area (Å²) in [6.45, 7) is 9.37. The Morgan fingerprint density at radius 3 is 2.38 bits per heavy atom. The van der Waals surface area contributed by atoms with Crippen molar-refractivity contribution in [3.63, 3.8) is 0 Å². The molecule has 2 nitrogen and oxygen atoms in total. The number of hydrogen-bond donors (Lipinski definition) is 0. The number of aryl methyl sites for hydroxylation is 1. The predicted octanol–water partition coefficient (Wildman–Crippen LogP) is 5.62. The van der Waals surface area contributed by atoms with Crippen LogP contribution in [0.2, 0.25) is 0 Å². The number of fused-ring (bicyclic) bond motifs is 1. The lowest BCUT2D eigenvalue weighted by molar-refractivity contribution is 0.398. The van der Waals surface area contributed by atoms with Gasteiger partial charge in [0, 0.05) is 11.9 Å². The molecular formula is C24H28N2. The van der Waals surface area contributed by atoms with Crippen LogP contribution in [-0.4, -0.2) is 24.0 Å². The summed E-state index contributed by atoms with van der Waals surface area (Å²) in [4.78, 5) is 7.20. The zero-order chi connectivity index (χ0) is 18.7. The summed E-state index contributed by atoms with van der Waals surface area (Å²) in [6.07, 6.45) is 1.87. The van der Waals surface area contributed by atoms with Crippen LogP contribution in [0.4, 0.5) is 0 Å². The molecule has 0 aliphatic heterocycles. The number of aromatic nitrogens is 1. The SMILES string of the molecule is C=C(CC)c1nc(CN(C)C)c2cc(Cc3ccccc3)ccc2c1C. The van der Waals surface area contributed by atoms with E-state index < -0.39 is 0 Å². The molecule has 0 unspecified atom stereocenters. The summed E-state index contributed by atoms with van der Waals surface area (Å²) in [5.74, 6) is 0. The molecule has 0 N–H and O–H groups in total. The van der Waals surface area contributed by atoms with Crippen molar-refractivity contribution in [3.05, 3.63) is 83.2 Å². The Morgan fingerprint density at radius 2 is 1.73 bits per heavy atom. The second-order valence-corrected chi connectivity index (χ2v) is 7.27. The third-order valence-electron chi connectivity index (χ3n) is 4.88. The second-order valence-electron chi connectivity index (χ2n) is 7.27. The first-order valence-electron chi connectivity index (χ1n) is 9.28. The van der Waals surface area contributed by atoms with Crippen molar-refractivity contribution >= 4 is 16.3 Å². The van der Waals surface area contributed by atoms with Crippen LogP contribution in [0.3, 0.4) is 0 Å². The van der Waals surface area contributed by atoms with Gasteiger partial charge in [-0.1, -0.05) is 56.0 Å². The fourth-order valence-corrected chi connectivity index (χ4v) is 3.44. The van der Waals surface area contributed by atoms with E-state index >= 15 is 0 Å². The van der Waals surface area contributed by atoms with Crippen LogP contribution in [0.15, 0.2) is 55.1 Å². The topological polar surface area (TPSA) is 16.1 Å². The van der Waals surface area contributed by atoms with E-state index in [0.717, 1.165) is 36.3 Å². The van der Waals surface area contributed by atoms with Gasteiger partial charge >= 0.3 is 0 Å². The van der Waals surface area contributed by atoms with Crippen molar-refractivity contribution in [3.8, 4) is 0 Å². The van der Waals surface area contributed by atoms with Crippen LogP contribution in [0.25, 0.3) is 16.3 Å². The fraction of sp³-hybridized carbons (Fsp3) is 0.292. The number of allylic oxidation sites excluding steroid dienone is 1. The van der Waals surface area contributed by atoms with Crippen LogP contribution in [0.5, 0.6) is 0 Å². The number of benzene rings is 2. The first-order chi connectivity index (χ1) is 12.5. The largest absolute Gasteiger partial charge is 0.304 e. The van der Waals surface area contributed by atoms with E-state index in [4.69, 9.17) is 4.98 Å². The molecule has 1 aromatic heterocycles. The molecule has 0 saturated heterocycles. The predicted molar refractivity (Wildman–Crippen MR) is 112 cm³/mol. The van der Waals surface area contributed by atoms with E-state index in [9.17, 15) is 0 Å². The average Bonchev–Trinajstić information content (AvgIpc) is 2.64. The first kappa shape index (κ1) is 18.3. The summed E-state index contributed by atoms with van der Waals surface area (Å²) in [5.41, 5.74) is 7.20. The summed E-state index contributed by atoms with van der Waals surface area (Å²) in [7, 11) is 4.19. The van der Waals surface area contributed by atoms with Crippen molar-refractivity contribution < 1.29 is 0 Å². The zero-order valence-corrected chi connectivity index (χ0v) is 16.3. The number of rotatable bonds is 6. The lowest BCUT2D eigenvalue weighted by atomic mass is 9.95. The van der Waals surface area contributed by atoms with E-state index in [1.165, 1.54) is 27.5 Å². The van der Waals surface area contributed by atoms with Crippen LogP contribution in [-0.2, 0) is 13.0 Å². The van der Waals surface area contributed by atoms with E-state index in [1.54, 1.807) is 0 Å². The number of hydrogen-bond acceptors (Lipinski definition) is 2. The standard InChI is InChI=1S/C24H28N2/c1-6-17(2)24-18(3)21-13-12-20(14-19-10-8-7-9-11-19)15-22(21)23(25-24)16-26(4)5/h7-13,15H,2,6,14,16H2,1,3-5H3. The molecule has 2 aromatic carbocycles. The van der Waals surface area contributed by atoms with Crippen LogP contribution in [0, 0.1) is 6.92 Å². The molecule has 0 bridgehead atoms. The maximum absolute atomic E-state index is 5.02. The lowest BCUT2D eigenvalue weighted by Gasteiger charge is -2.18. The molecule has 0 atom stereocenters. The molecule has 0 aliphatic rings. The van der Waals surface area contributed by atoms with Gasteiger partial charge < -0.3 is 4.90 Å². The molecule has 134 valence electrons. The third-order valence-corrected chi connectivity index (χ3v) is 4.88. The smallest absolute Gasteiger partial charge is 0.0695 e. The highest BCUT2D eigenvalue weighted by atomic mass is 15.1. The van der Waals surface area contributed by atoms with Crippen LogP contribution >= 0.6 is 0 Å². The third kappa shape index (κ3) is 3.86. The zero-order valence-electron chi connectivity index (χ0n) is 16.3. The van der Waals surface area contributed by atoms with Crippen molar-refractivity contribution in [2.75, 3.05) is 14.1 Å². The van der Waals surface area contributed by atoms with Gasteiger partial charge in [0.2, 0.25) is 0 Å². The highest BCUT2D eigenvalue weighted by Crippen LogP contribution is 2.30. The van der Waals surface area contributed by atoms with Gasteiger partial charge in [-0.25, -0.2) is 0 Å². The molecule has 0 saturated carbocycles. The Morgan fingerprint density at radius 1 is 1.00 bits per heavy atom. The minimum absolute atomic E-state index is 0.829. The van der Waals surface area contributed by atoms with Gasteiger partial charge in [-0.15, -0.1) is 0 Å². The summed E-state index contributed by atoms with van der Waals surface area (Å²) in [6, 6.07) is 17.5. The van der Waals surface area contributed by atoms with Gasteiger partial charge in [-0.2, -0.15) is 0 Å². The first-order valence-corrected chi connectivity index (χ1v) is 9.28. The summed E-state index contributed by atoms with van der Waals surface area (Å²) < 4.78 is 0. The molecule has 2 heteroatoms. The number of pyridine rings is 1. The molecule has 0 radical (unpaired) electrons. The van der Waals surface area contributed by atoms with Gasteiger partial charge in [0.1, 0.15) is 0 Å². The van der Waals surface area contributed by atoms with Crippen molar-refractivity contribution in [1.29, 1.82) is 0 Å². The highest BCUT2D eigenvalue weighted by molar-refractivity contribution is 5.91. The molecule has 3 rings (SSSR count). The Kier molecular flexibility index (Phi) is 5.53. The Bertz CT molecular complexity index is 924. The van der Waals surface area contributed by atoms with E-state index in [0.29, 0.717) is 0 Å². The highest BCUT2D eigenvalue weighted by Gasteiger charge is 2.14. The van der Waals surface area contributed by atoms with Gasteiger partial charge in [0.25, 0.3) is 0 Å². The van der Waals surface area contributed by atoms with Gasteiger partial charge in [0.15, 0.2) is 0 Å². The summed E-state index contributed by atoms with van der Waals surface area (Å²) in [5, 5.41) is 2.55. The van der Waals surface area contributed by atoms with Crippen molar-refractivity contribution in [2.24, 2.45) is 0 Å². The van der Waals surface area contributed by atoms with E-state index in [2.05, 4.69) is 88.0 Å². The van der Waals surface area contributed by atoms with Crippen molar-refractivity contribution in [1.82, 2.24) is 9.88 Å². The Labute approximate surface area is 157 Å². The molecule has 3 aromatic rings. The van der Waals surface area contributed by atoms with Gasteiger partial charge in [-0.05, 0) is 67.6 Å². The van der Waals surface area contributed by atoms with Crippen LogP contribution < -0.4 is 0 Å². The van der Waals surface area contributed by atoms with Gasteiger partial charge in [0.05, 0.1) is 11.4 Å². The minimum atomic E-state index is 0.829. The minimum Gasteiger partial charge on any atom is -0.304 e. The molecular weight excluding hydrogens is 316 g/mol. The van der Waals surface area contributed by atoms with E-state index in [-0.39, 0.29) is 0 Å². The molecule has 0 spiro atoms. The maximum Gasteiger partial charge on any atom is 0.0695 e.